The number of fused-ring (bicyclic) bond motifs is 9. The fourth-order valence-corrected chi connectivity index (χ4v) is 9.97. The number of hydrogen-bond donors (Lipinski definition) is 0. The van der Waals surface area contributed by atoms with Crippen LogP contribution in [0.2, 0.25) is 0 Å². The second-order valence-electron chi connectivity index (χ2n) is 14.9. The average molecular weight is 760 g/mol. The summed E-state index contributed by atoms with van der Waals surface area (Å²) in [5, 5.41) is 7.10. The van der Waals surface area contributed by atoms with Gasteiger partial charge in [-0.1, -0.05) is 133 Å². The highest BCUT2D eigenvalue weighted by Crippen LogP contribution is 2.44. The highest BCUT2D eigenvalue weighted by molar-refractivity contribution is 7.26. The maximum Gasteiger partial charge on any atom is 0.143 e. The van der Waals surface area contributed by atoms with E-state index in [1.165, 1.54) is 31.3 Å². The van der Waals surface area contributed by atoms with Crippen molar-refractivity contribution >= 4 is 92.4 Å². The molecule has 0 aliphatic heterocycles. The molecule has 3 nitrogen and oxygen atoms in total. The van der Waals surface area contributed by atoms with Crippen LogP contribution in [-0.2, 0) is 0 Å². The molecule has 58 heavy (non-hydrogen) atoms. The molecule has 0 radical (unpaired) electrons. The number of rotatable bonds is 6. The van der Waals surface area contributed by atoms with Crippen molar-refractivity contribution in [3.05, 3.63) is 200 Å². The minimum atomic E-state index is 0.894. The Bertz CT molecular complexity index is 3530. The zero-order valence-electron chi connectivity index (χ0n) is 31.2. The zero-order valence-corrected chi connectivity index (χ0v) is 32.0. The smallest absolute Gasteiger partial charge is 0.143 e. The maximum atomic E-state index is 6.51. The Labute approximate surface area is 338 Å². The van der Waals surface area contributed by atoms with Gasteiger partial charge in [0.25, 0.3) is 0 Å². The largest absolute Gasteiger partial charge is 0.456 e. The monoisotopic (exact) mass is 759 g/mol. The van der Waals surface area contributed by atoms with Gasteiger partial charge in [-0.3, -0.25) is 0 Å². The van der Waals surface area contributed by atoms with Crippen LogP contribution in [0.3, 0.4) is 0 Å². The molecule has 0 aliphatic rings. The van der Waals surface area contributed by atoms with Gasteiger partial charge >= 0.3 is 0 Å². The second kappa shape index (κ2) is 13.1. The molecule has 0 atom stereocenters. The lowest BCUT2D eigenvalue weighted by Crippen LogP contribution is -2.10. The summed E-state index contributed by atoms with van der Waals surface area (Å²) in [4.78, 5) is 2.36. The summed E-state index contributed by atoms with van der Waals surface area (Å²) < 4.78 is 15.3. The molecule has 3 heterocycles. The topological polar surface area (TPSA) is 29.5 Å². The van der Waals surface area contributed by atoms with Crippen molar-refractivity contribution in [2.45, 2.75) is 0 Å². The van der Waals surface area contributed by atoms with Gasteiger partial charge in [0, 0.05) is 64.3 Å². The Morgan fingerprint density at radius 2 is 0.897 bits per heavy atom. The van der Waals surface area contributed by atoms with Crippen molar-refractivity contribution in [2.75, 3.05) is 4.90 Å². The molecule has 9 aromatic carbocycles. The van der Waals surface area contributed by atoms with Gasteiger partial charge in [0.2, 0.25) is 0 Å². The van der Waals surface area contributed by atoms with Crippen molar-refractivity contribution in [3.8, 4) is 33.4 Å². The molecule has 12 rings (SSSR count). The first-order valence-electron chi connectivity index (χ1n) is 19.6. The fourth-order valence-electron chi connectivity index (χ4n) is 8.73. The van der Waals surface area contributed by atoms with Crippen LogP contribution in [0, 0.1) is 0 Å². The molecule has 0 unspecified atom stereocenters. The first kappa shape index (κ1) is 32.8. The molecule has 4 heteroatoms. The number of thiophene rings is 1. The molecule has 272 valence electrons. The van der Waals surface area contributed by atoms with Gasteiger partial charge in [0.15, 0.2) is 0 Å². The van der Waals surface area contributed by atoms with Crippen LogP contribution < -0.4 is 4.90 Å². The van der Waals surface area contributed by atoms with Crippen LogP contribution >= 0.6 is 11.3 Å². The lowest BCUT2D eigenvalue weighted by atomic mass is 9.99. The van der Waals surface area contributed by atoms with Crippen LogP contribution in [-0.4, -0.2) is 0 Å². The van der Waals surface area contributed by atoms with Crippen LogP contribution in [0.1, 0.15) is 0 Å². The van der Waals surface area contributed by atoms with E-state index in [1.807, 2.05) is 35.6 Å². The predicted octanol–water partition coefficient (Wildman–Crippen LogP) is 16.3. The fraction of sp³-hybridized carbons (Fsp3) is 0. The molecule has 0 bridgehead atoms. The molecular weight excluding hydrogens is 727 g/mol. The van der Waals surface area contributed by atoms with E-state index in [4.69, 9.17) is 8.83 Å². The summed E-state index contributed by atoms with van der Waals surface area (Å²) in [7, 11) is 0. The lowest BCUT2D eigenvalue weighted by molar-refractivity contribution is 0.669. The quantitative estimate of drug-likeness (QED) is 0.169. The van der Waals surface area contributed by atoms with E-state index in [1.54, 1.807) is 0 Å². The Hall–Kier alpha value is -7.40. The molecule has 0 N–H and O–H groups in total. The summed E-state index contributed by atoms with van der Waals surface area (Å²) in [6.07, 6.45) is 0. The van der Waals surface area contributed by atoms with Gasteiger partial charge in [-0.05, 0) is 94.5 Å². The summed E-state index contributed by atoms with van der Waals surface area (Å²) >= 11 is 1.87. The average Bonchev–Trinajstić information content (AvgIpc) is 3.98. The van der Waals surface area contributed by atoms with Gasteiger partial charge in [0.1, 0.15) is 22.3 Å². The molecule has 3 aromatic heterocycles. The Morgan fingerprint density at radius 3 is 1.71 bits per heavy atom. The Kier molecular flexibility index (Phi) is 7.40. The van der Waals surface area contributed by atoms with Gasteiger partial charge < -0.3 is 13.7 Å². The highest BCUT2D eigenvalue weighted by Gasteiger charge is 2.18. The van der Waals surface area contributed by atoms with E-state index in [0.29, 0.717) is 0 Å². The number of benzene rings is 9. The molecule has 0 spiro atoms. The lowest BCUT2D eigenvalue weighted by Gasteiger charge is -2.27. The van der Waals surface area contributed by atoms with Crippen molar-refractivity contribution in [3.63, 3.8) is 0 Å². The first-order chi connectivity index (χ1) is 28.7. The Morgan fingerprint density at radius 1 is 0.328 bits per heavy atom. The second-order valence-corrected chi connectivity index (χ2v) is 15.9. The number of furan rings is 2. The van der Waals surface area contributed by atoms with Crippen LogP contribution in [0.15, 0.2) is 209 Å². The summed E-state index contributed by atoms with van der Waals surface area (Å²) in [5.74, 6) is 0. The molecule has 0 saturated heterocycles. The summed E-state index contributed by atoms with van der Waals surface area (Å²) in [6, 6.07) is 71.5. The van der Waals surface area contributed by atoms with Crippen LogP contribution in [0.5, 0.6) is 0 Å². The summed E-state index contributed by atoms with van der Waals surface area (Å²) in [6.45, 7) is 0. The number of nitrogens with zero attached hydrogens (tertiary/aromatic N) is 1. The van der Waals surface area contributed by atoms with E-state index in [-0.39, 0.29) is 0 Å². The molecular formula is C54H33NO2S. The standard InChI is InChI=1S/C54H33NO2S/c1-5-23-50-43(15-1)46-20-9-18-41(53(46)57-50)37-12-8-14-40(32-37)55(38-28-25-34(26-29-38)42-19-10-21-47-45-17-3-6-24-52(45)58-54(42)47)39-13-7-11-35(31-39)36-27-30-51-48(33-36)44-16-2-4-22-49(44)56-51/h1-33H. The van der Waals surface area contributed by atoms with Gasteiger partial charge in [-0.25, -0.2) is 0 Å². The van der Waals surface area contributed by atoms with Crippen molar-refractivity contribution in [2.24, 2.45) is 0 Å². The maximum absolute atomic E-state index is 6.51. The molecule has 0 amide bonds. The first-order valence-corrected chi connectivity index (χ1v) is 20.4. The van der Waals surface area contributed by atoms with Gasteiger partial charge in [-0.2, -0.15) is 0 Å². The highest BCUT2D eigenvalue weighted by atomic mass is 32.1. The zero-order chi connectivity index (χ0) is 38.2. The van der Waals surface area contributed by atoms with E-state index in [2.05, 4.69) is 181 Å². The predicted molar refractivity (Wildman–Crippen MR) is 245 cm³/mol. The van der Waals surface area contributed by atoms with Gasteiger partial charge in [-0.15, -0.1) is 11.3 Å². The van der Waals surface area contributed by atoms with Crippen LogP contribution in [0.4, 0.5) is 17.1 Å². The number of hydrogen-bond acceptors (Lipinski definition) is 4. The minimum Gasteiger partial charge on any atom is -0.456 e. The third kappa shape index (κ3) is 5.27. The van der Waals surface area contributed by atoms with Crippen molar-refractivity contribution in [1.82, 2.24) is 0 Å². The Balaban J connectivity index is 1.00. The third-order valence-electron chi connectivity index (χ3n) is 11.5. The van der Waals surface area contributed by atoms with E-state index < -0.39 is 0 Å². The van der Waals surface area contributed by atoms with E-state index >= 15 is 0 Å². The van der Waals surface area contributed by atoms with E-state index in [0.717, 1.165) is 83.2 Å². The van der Waals surface area contributed by atoms with Crippen molar-refractivity contribution in [1.29, 1.82) is 0 Å². The molecule has 12 aromatic rings. The normalized spacial score (nSPS) is 11.8. The SMILES string of the molecule is c1cc(-c2ccc3oc4ccccc4c3c2)cc(N(c2ccc(-c3cccc4c3sc3ccccc34)cc2)c2cccc(-c3cccc4c3oc3ccccc34)c2)c1. The molecule has 0 aliphatic carbocycles. The van der Waals surface area contributed by atoms with Crippen LogP contribution in [0.25, 0.3) is 97.4 Å². The van der Waals surface area contributed by atoms with Gasteiger partial charge in [0.05, 0.1) is 0 Å². The van der Waals surface area contributed by atoms with E-state index in [9.17, 15) is 0 Å². The number of anilines is 3. The third-order valence-corrected chi connectivity index (χ3v) is 12.7. The minimum absolute atomic E-state index is 0.894. The van der Waals surface area contributed by atoms with Crippen molar-refractivity contribution < 1.29 is 8.83 Å². The molecule has 0 fully saturated rings. The summed E-state index contributed by atoms with van der Waals surface area (Å²) in [5.41, 5.74) is 13.7. The molecule has 0 saturated carbocycles. The number of para-hydroxylation sites is 3.